The number of carbonyl (C=O) groups excluding carboxylic acids is 1. The summed E-state index contributed by atoms with van der Waals surface area (Å²) in [6.45, 7) is 6.54. The molecule has 0 spiro atoms. The highest BCUT2D eigenvalue weighted by Gasteiger charge is 2.43. The average molecular weight is 264 g/mol. The van der Waals surface area contributed by atoms with Crippen molar-refractivity contribution in [2.24, 2.45) is 5.92 Å². The first-order valence-electron chi connectivity index (χ1n) is 6.61. The third-order valence-corrected chi connectivity index (χ3v) is 3.38. The minimum absolute atomic E-state index is 0.0298. The Morgan fingerprint density at radius 3 is 2.89 bits per heavy atom. The summed E-state index contributed by atoms with van der Waals surface area (Å²) in [5.41, 5.74) is 2.22. The molecular weight excluding hydrogens is 244 g/mol. The predicted molar refractivity (Wildman–Crippen MR) is 71.9 cm³/mol. The van der Waals surface area contributed by atoms with E-state index in [0.717, 1.165) is 17.7 Å². The highest BCUT2D eigenvalue weighted by molar-refractivity contribution is 5.82. The molecule has 0 unspecified atom stereocenters. The van der Waals surface area contributed by atoms with Crippen LogP contribution < -0.4 is 10.9 Å². The van der Waals surface area contributed by atoms with Crippen LogP contribution in [0.3, 0.4) is 0 Å². The van der Waals surface area contributed by atoms with Crippen LogP contribution in [0, 0.1) is 19.8 Å². The first kappa shape index (κ1) is 13.8. The molecule has 1 heterocycles. The van der Waals surface area contributed by atoms with Crippen molar-refractivity contribution >= 4 is 5.91 Å². The number of hydrogen-bond acceptors (Lipinski definition) is 3. The molecule has 0 radical (unpaired) electrons. The number of aromatic nitrogens is 1. The van der Waals surface area contributed by atoms with Gasteiger partial charge in [0.25, 0.3) is 5.56 Å². The number of carbonyl (C=O) groups is 1. The van der Waals surface area contributed by atoms with Crippen LogP contribution in [0.4, 0.5) is 0 Å². The summed E-state index contributed by atoms with van der Waals surface area (Å²) in [4.78, 5) is 26.4. The SMILES string of the molecule is CCO[C@H]1C[C@H]1C(=O)NCc1c(C)cc(C)[nH]c1=O. The first-order valence-corrected chi connectivity index (χ1v) is 6.61. The summed E-state index contributed by atoms with van der Waals surface area (Å²) in [6.07, 6.45) is 0.838. The van der Waals surface area contributed by atoms with Crippen molar-refractivity contribution in [1.82, 2.24) is 10.3 Å². The molecule has 2 rings (SSSR count). The van der Waals surface area contributed by atoms with Gasteiger partial charge in [0.05, 0.1) is 12.0 Å². The largest absolute Gasteiger partial charge is 0.378 e. The Bertz CT molecular complexity index is 536. The van der Waals surface area contributed by atoms with Gasteiger partial charge < -0.3 is 15.0 Å². The lowest BCUT2D eigenvalue weighted by atomic mass is 10.1. The lowest BCUT2D eigenvalue weighted by Crippen LogP contribution is -2.29. The van der Waals surface area contributed by atoms with Crippen LogP contribution in [0.15, 0.2) is 10.9 Å². The van der Waals surface area contributed by atoms with E-state index in [1.807, 2.05) is 26.8 Å². The maximum absolute atomic E-state index is 11.9. The molecule has 1 amide bonds. The van der Waals surface area contributed by atoms with Crippen molar-refractivity contribution in [3.05, 3.63) is 33.2 Å². The number of aryl methyl sites for hydroxylation is 2. The Morgan fingerprint density at radius 1 is 1.53 bits per heavy atom. The molecule has 1 aliphatic rings. The minimum atomic E-state index is -0.130. The number of pyridine rings is 1. The van der Waals surface area contributed by atoms with E-state index in [-0.39, 0.29) is 30.0 Å². The van der Waals surface area contributed by atoms with E-state index in [2.05, 4.69) is 10.3 Å². The average Bonchev–Trinajstić information content (AvgIpc) is 3.07. The normalized spacial score (nSPS) is 21.2. The second kappa shape index (κ2) is 5.57. The molecule has 0 saturated heterocycles. The summed E-state index contributed by atoms with van der Waals surface area (Å²) in [5, 5.41) is 2.81. The van der Waals surface area contributed by atoms with Gasteiger partial charge in [0.2, 0.25) is 5.91 Å². The van der Waals surface area contributed by atoms with E-state index in [0.29, 0.717) is 12.2 Å². The third kappa shape index (κ3) is 3.23. The molecule has 1 aromatic heterocycles. The van der Waals surface area contributed by atoms with Crippen molar-refractivity contribution in [3.63, 3.8) is 0 Å². The molecule has 19 heavy (non-hydrogen) atoms. The molecule has 0 bridgehead atoms. The van der Waals surface area contributed by atoms with Gasteiger partial charge in [0, 0.05) is 24.4 Å². The van der Waals surface area contributed by atoms with Gasteiger partial charge >= 0.3 is 0 Å². The van der Waals surface area contributed by atoms with Crippen LogP contribution in [-0.4, -0.2) is 23.6 Å². The molecule has 0 aliphatic heterocycles. The van der Waals surface area contributed by atoms with E-state index in [4.69, 9.17) is 4.74 Å². The van der Waals surface area contributed by atoms with Crippen LogP contribution >= 0.6 is 0 Å². The van der Waals surface area contributed by atoms with Crippen LogP contribution in [0.2, 0.25) is 0 Å². The Kier molecular flexibility index (Phi) is 4.04. The van der Waals surface area contributed by atoms with Gasteiger partial charge in [0.15, 0.2) is 0 Å². The zero-order chi connectivity index (χ0) is 14.0. The maximum Gasteiger partial charge on any atom is 0.253 e. The van der Waals surface area contributed by atoms with Gasteiger partial charge in [0.1, 0.15) is 0 Å². The zero-order valence-corrected chi connectivity index (χ0v) is 11.6. The van der Waals surface area contributed by atoms with Crippen LogP contribution in [0.5, 0.6) is 0 Å². The summed E-state index contributed by atoms with van der Waals surface area (Å²) in [7, 11) is 0. The van der Waals surface area contributed by atoms with Crippen molar-refractivity contribution in [2.75, 3.05) is 6.61 Å². The standard InChI is InChI=1S/C14H20N2O3/c1-4-19-12-6-10(12)13(17)15-7-11-8(2)5-9(3)16-14(11)18/h5,10,12H,4,6-7H2,1-3H3,(H,15,17)(H,16,18)/t10-,12+/m1/s1. The molecule has 2 atom stereocenters. The molecule has 2 N–H and O–H groups in total. The maximum atomic E-state index is 11.9. The first-order chi connectivity index (χ1) is 9.02. The van der Waals surface area contributed by atoms with E-state index in [9.17, 15) is 9.59 Å². The second-order valence-electron chi connectivity index (χ2n) is 5.00. The van der Waals surface area contributed by atoms with Crippen LogP contribution in [-0.2, 0) is 16.1 Å². The molecular formula is C14H20N2O3. The molecule has 1 aliphatic carbocycles. The smallest absolute Gasteiger partial charge is 0.253 e. The summed E-state index contributed by atoms with van der Waals surface area (Å²) < 4.78 is 5.37. The Labute approximate surface area is 112 Å². The Hall–Kier alpha value is -1.62. The number of rotatable bonds is 5. The molecule has 1 aromatic rings. The fourth-order valence-corrected chi connectivity index (χ4v) is 2.25. The van der Waals surface area contributed by atoms with Crippen LogP contribution in [0.1, 0.15) is 30.2 Å². The van der Waals surface area contributed by atoms with Gasteiger partial charge in [-0.05, 0) is 38.8 Å². The van der Waals surface area contributed by atoms with Gasteiger partial charge in [-0.15, -0.1) is 0 Å². The number of hydrogen-bond donors (Lipinski definition) is 2. The molecule has 5 heteroatoms. The number of amides is 1. The highest BCUT2D eigenvalue weighted by Crippen LogP contribution is 2.33. The number of H-pyrrole nitrogens is 1. The van der Waals surface area contributed by atoms with Crippen molar-refractivity contribution in [1.29, 1.82) is 0 Å². The topological polar surface area (TPSA) is 71.2 Å². The summed E-state index contributed by atoms with van der Waals surface area (Å²) >= 11 is 0. The fraction of sp³-hybridized carbons (Fsp3) is 0.571. The van der Waals surface area contributed by atoms with Gasteiger partial charge in [-0.3, -0.25) is 9.59 Å². The lowest BCUT2D eigenvalue weighted by molar-refractivity contribution is -0.123. The van der Waals surface area contributed by atoms with Crippen LogP contribution in [0.25, 0.3) is 0 Å². The van der Waals surface area contributed by atoms with E-state index in [1.54, 1.807) is 0 Å². The van der Waals surface area contributed by atoms with E-state index >= 15 is 0 Å². The molecule has 5 nitrogen and oxygen atoms in total. The van der Waals surface area contributed by atoms with Crippen molar-refractivity contribution < 1.29 is 9.53 Å². The molecule has 1 saturated carbocycles. The number of ether oxygens (including phenoxy) is 1. The van der Waals surface area contributed by atoms with Gasteiger partial charge in [-0.2, -0.15) is 0 Å². The fourth-order valence-electron chi connectivity index (χ4n) is 2.25. The Morgan fingerprint density at radius 2 is 2.26 bits per heavy atom. The van der Waals surface area contributed by atoms with Crippen molar-refractivity contribution in [3.8, 4) is 0 Å². The van der Waals surface area contributed by atoms with Crippen molar-refractivity contribution in [2.45, 2.75) is 39.8 Å². The summed E-state index contributed by atoms with van der Waals surface area (Å²) in [5.74, 6) is -0.0809. The Balaban J connectivity index is 1.93. The molecule has 104 valence electrons. The second-order valence-corrected chi connectivity index (χ2v) is 5.00. The zero-order valence-electron chi connectivity index (χ0n) is 11.6. The van der Waals surface area contributed by atoms with Gasteiger partial charge in [-0.1, -0.05) is 0 Å². The number of aromatic amines is 1. The molecule has 0 aromatic carbocycles. The minimum Gasteiger partial charge on any atom is -0.378 e. The quantitative estimate of drug-likeness (QED) is 0.834. The van der Waals surface area contributed by atoms with E-state index < -0.39 is 0 Å². The lowest BCUT2D eigenvalue weighted by Gasteiger charge is -2.08. The third-order valence-electron chi connectivity index (χ3n) is 3.38. The summed E-state index contributed by atoms with van der Waals surface area (Å²) in [6, 6.07) is 1.91. The van der Waals surface area contributed by atoms with Gasteiger partial charge in [-0.25, -0.2) is 0 Å². The number of nitrogens with one attached hydrogen (secondary N) is 2. The van der Waals surface area contributed by atoms with E-state index in [1.165, 1.54) is 0 Å². The highest BCUT2D eigenvalue weighted by atomic mass is 16.5. The monoisotopic (exact) mass is 264 g/mol. The molecule has 1 fully saturated rings. The predicted octanol–water partition coefficient (Wildman–Crippen LogP) is 1.03.